The van der Waals surface area contributed by atoms with Gasteiger partial charge in [0.2, 0.25) is 0 Å². The van der Waals surface area contributed by atoms with Gasteiger partial charge in [0.1, 0.15) is 0 Å². The van der Waals surface area contributed by atoms with Crippen LogP contribution in [0.3, 0.4) is 0 Å². The summed E-state index contributed by atoms with van der Waals surface area (Å²) in [6.45, 7) is 7.29. The number of hydrogen-bond acceptors (Lipinski definition) is 2. The van der Waals surface area contributed by atoms with Crippen LogP contribution in [0, 0.1) is 17.8 Å². The summed E-state index contributed by atoms with van der Waals surface area (Å²) in [6, 6.07) is 0. The zero-order valence-electron chi connectivity index (χ0n) is 12.9. The second-order valence-corrected chi connectivity index (χ2v) is 6.89. The molecule has 2 nitrogen and oxygen atoms in total. The number of nitrogens with two attached hydrogens (primary N) is 1. The zero-order valence-corrected chi connectivity index (χ0v) is 12.9. The van der Waals surface area contributed by atoms with Crippen molar-refractivity contribution in [3.63, 3.8) is 0 Å². The molecule has 0 aromatic heterocycles. The van der Waals surface area contributed by atoms with Crippen LogP contribution in [0.25, 0.3) is 0 Å². The van der Waals surface area contributed by atoms with Crippen molar-refractivity contribution >= 4 is 0 Å². The fourth-order valence-electron chi connectivity index (χ4n) is 4.27. The summed E-state index contributed by atoms with van der Waals surface area (Å²) in [5, 5.41) is 0. The Labute approximate surface area is 120 Å². The third-order valence-electron chi connectivity index (χ3n) is 5.61. The van der Waals surface area contributed by atoms with E-state index in [4.69, 9.17) is 5.73 Å². The quantitative estimate of drug-likeness (QED) is 0.762. The molecule has 112 valence electrons. The van der Waals surface area contributed by atoms with E-state index in [-0.39, 0.29) is 0 Å². The molecule has 0 spiro atoms. The van der Waals surface area contributed by atoms with Gasteiger partial charge < -0.3 is 10.6 Å². The van der Waals surface area contributed by atoms with Crippen molar-refractivity contribution in [3.8, 4) is 0 Å². The highest BCUT2D eigenvalue weighted by molar-refractivity contribution is 4.83. The minimum atomic E-state index is 0.867. The molecular weight excluding hydrogens is 232 g/mol. The average Bonchev–Trinajstić information content (AvgIpc) is 2.46. The maximum atomic E-state index is 5.68. The van der Waals surface area contributed by atoms with Gasteiger partial charge in [-0.15, -0.1) is 0 Å². The number of fused-ring (bicyclic) bond motifs is 1. The topological polar surface area (TPSA) is 29.3 Å². The smallest absolute Gasteiger partial charge is 0.00123 e. The van der Waals surface area contributed by atoms with E-state index in [0.717, 1.165) is 24.3 Å². The molecule has 1 aliphatic carbocycles. The van der Waals surface area contributed by atoms with Gasteiger partial charge in [-0.05, 0) is 69.5 Å². The maximum absolute atomic E-state index is 5.68. The van der Waals surface area contributed by atoms with Crippen LogP contribution in [0.4, 0.5) is 0 Å². The highest BCUT2D eigenvalue weighted by atomic mass is 15.1. The number of piperidine rings is 1. The van der Waals surface area contributed by atoms with E-state index in [1.54, 1.807) is 0 Å². The lowest BCUT2D eigenvalue weighted by molar-refractivity contribution is 0.0847. The van der Waals surface area contributed by atoms with Crippen LogP contribution in [0.15, 0.2) is 0 Å². The summed E-state index contributed by atoms with van der Waals surface area (Å²) in [7, 11) is 0. The SMILES string of the molecule is CCC(CCN)CCCN1CCC2CCCCC2C1. The van der Waals surface area contributed by atoms with Gasteiger partial charge in [-0.3, -0.25) is 0 Å². The molecule has 1 saturated heterocycles. The van der Waals surface area contributed by atoms with Crippen LogP contribution in [0.1, 0.15) is 64.7 Å². The standard InChI is InChI=1S/C17H34N2/c1-2-15(9-11-18)6-5-12-19-13-10-16-7-3-4-8-17(16)14-19/h15-17H,2-14,18H2,1H3. The lowest BCUT2D eigenvalue weighted by Crippen LogP contribution is -2.42. The highest BCUT2D eigenvalue weighted by Gasteiger charge is 2.30. The Kier molecular flexibility index (Phi) is 6.66. The van der Waals surface area contributed by atoms with E-state index in [9.17, 15) is 0 Å². The predicted molar refractivity (Wildman–Crippen MR) is 83.2 cm³/mol. The van der Waals surface area contributed by atoms with E-state index in [1.807, 2.05) is 0 Å². The van der Waals surface area contributed by atoms with E-state index in [0.29, 0.717) is 0 Å². The summed E-state index contributed by atoms with van der Waals surface area (Å²) in [5.41, 5.74) is 5.68. The van der Waals surface area contributed by atoms with E-state index < -0.39 is 0 Å². The van der Waals surface area contributed by atoms with Crippen molar-refractivity contribution in [3.05, 3.63) is 0 Å². The molecule has 3 unspecified atom stereocenters. The molecule has 2 rings (SSSR count). The molecule has 0 bridgehead atoms. The third-order valence-corrected chi connectivity index (χ3v) is 5.61. The summed E-state index contributed by atoms with van der Waals surface area (Å²) in [4.78, 5) is 2.75. The largest absolute Gasteiger partial charge is 0.330 e. The first-order chi connectivity index (χ1) is 9.33. The number of likely N-dealkylation sites (tertiary alicyclic amines) is 1. The van der Waals surface area contributed by atoms with Crippen LogP contribution in [0.2, 0.25) is 0 Å². The van der Waals surface area contributed by atoms with Gasteiger partial charge >= 0.3 is 0 Å². The van der Waals surface area contributed by atoms with Crippen molar-refractivity contribution in [2.45, 2.75) is 64.7 Å². The normalized spacial score (nSPS) is 30.0. The van der Waals surface area contributed by atoms with Crippen molar-refractivity contribution < 1.29 is 0 Å². The molecule has 0 radical (unpaired) electrons. The fourth-order valence-corrected chi connectivity index (χ4v) is 4.27. The lowest BCUT2D eigenvalue weighted by atomic mass is 9.75. The van der Waals surface area contributed by atoms with Crippen molar-refractivity contribution in [2.24, 2.45) is 23.5 Å². The van der Waals surface area contributed by atoms with Crippen molar-refractivity contribution in [1.29, 1.82) is 0 Å². The van der Waals surface area contributed by atoms with Gasteiger partial charge in [0, 0.05) is 6.54 Å². The molecular formula is C17H34N2. The van der Waals surface area contributed by atoms with Gasteiger partial charge in [-0.25, -0.2) is 0 Å². The monoisotopic (exact) mass is 266 g/mol. The summed E-state index contributed by atoms with van der Waals surface area (Å²) >= 11 is 0. The van der Waals surface area contributed by atoms with Gasteiger partial charge in [0.15, 0.2) is 0 Å². The lowest BCUT2D eigenvalue weighted by Gasteiger charge is -2.41. The minimum absolute atomic E-state index is 0.867. The number of hydrogen-bond donors (Lipinski definition) is 1. The molecule has 2 fully saturated rings. The molecule has 19 heavy (non-hydrogen) atoms. The number of nitrogens with zero attached hydrogens (tertiary/aromatic N) is 1. The molecule has 0 amide bonds. The molecule has 1 aliphatic heterocycles. The van der Waals surface area contributed by atoms with Crippen LogP contribution in [0.5, 0.6) is 0 Å². The Morgan fingerprint density at radius 3 is 2.63 bits per heavy atom. The molecule has 2 aliphatic rings. The van der Waals surface area contributed by atoms with Gasteiger partial charge in [0.05, 0.1) is 0 Å². The summed E-state index contributed by atoms with van der Waals surface area (Å²) < 4.78 is 0. The van der Waals surface area contributed by atoms with E-state index in [2.05, 4.69) is 11.8 Å². The van der Waals surface area contributed by atoms with Crippen LogP contribution >= 0.6 is 0 Å². The second-order valence-electron chi connectivity index (χ2n) is 6.89. The van der Waals surface area contributed by atoms with Gasteiger partial charge in [-0.1, -0.05) is 32.6 Å². The summed E-state index contributed by atoms with van der Waals surface area (Å²) in [6.07, 6.45) is 12.8. The first-order valence-electron chi connectivity index (χ1n) is 8.76. The Balaban J connectivity index is 1.63. The third kappa shape index (κ3) is 4.75. The average molecular weight is 266 g/mol. The molecule has 0 aromatic carbocycles. The minimum Gasteiger partial charge on any atom is -0.330 e. The maximum Gasteiger partial charge on any atom is 0.00123 e. The van der Waals surface area contributed by atoms with Crippen LogP contribution < -0.4 is 5.73 Å². The van der Waals surface area contributed by atoms with E-state index >= 15 is 0 Å². The Morgan fingerprint density at radius 1 is 1.11 bits per heavy atom. The molecule has 2 N–H and O–H groups in total. The molecule has 3 atom stereocenters. The molecule has 2 heteroatoms. The predicted octanol–water partition coefficient (Wildman–Crippen LogP) is 3.65. The second kappa shape index (κ2) is 8.26. The van der Waals surface area contributed by atoms with Crippen molar-refractivity contribution in [2.75, 3.05) is 26.2 Å². The molecule has 1 saturated carbocycles. The van der Waals surface area contributed by atoms with E-state index in [1.165, 1.54) is 77.4 Å². The van der Waals surface area contributed by atoms with Crippen LogP contribution in [-0.4, -0.2) is 31.1 Å². The highest BCUT2D eigenvalue weighted by Crippen LogP contribution is 2.36. The molecule has 0 aromatic rings. The van der Waals surface area contributed by atoms with Crippen molar-refractivity contribution in [1.82, 2.24) is 4.90 Å². The summed E-state index contributed by atoms with van der Waals surface area (Å²) in [5.74, 6) is 2.98. The van der Waals surface area contributed by atoms with Gasteiger partial charge in [-0.2, -0.15) is 0 Å². The van der Waals surface area contributed by atoms with Crippen LogP contribution in [-0.2, 0) is 0 Å². The fraction of sp³-hybridized carbons (Fsp3) is 1.00. The van der Waals surface area contributed by atoms with Gasteiger partial charge in [0.25, 0.3) is 0 Å². The zero-order chi connectivity index (χ0) is 13.5. The first-order valence-corrected chi connectivity index (χ1v) is 8.76. The Morgan fingerprint density at radius 2 is 1.89 bits per heavy atom. The Hall–Kier alpha value is -0.0800. The Bertz CT molecular complexity index is 241. The first kappa shape index (κ1) is 15.3. The molecule has 1 heterocycles. The number of rotatable bonds is 7.